The Bertz CT molecular complexity index is 1100. The van der Waals surface area contributed by atoms with E-state index in [1.165, 1.54) is 12.0 Å². The molecule has 1 unspecified atom stereocenters. The van der Waals surface area contributed by atoms with Gasteiger partial charge in [-0.1, -0.05) is 39.0 Å². The summed E-state index contributed by atoms with van der Waals surface area (Å²) in [6.45, 7) is 6.92. The number of hydrogen-bond donors (Lipinski definition) is 1. The summed E-state index contributed by atoms with van der Waals surface area (Å²) in [6.07, 6.45) is 0.548. The van der Waals surface area contributed by atoms with Gasteiger partial charge in [-0.3, -0.25) is 9.59 Å². The van der Waals surface area contributed by atoms with Crippen LogP contribution in [0.25, 0.3) is 5.76 Å². The highest BCUT2D eigenvalue weighted by Gasteiger charge is 2.46. The van der Waals surface area contributed by atoms with Gasteiger partial charge in [-0.05, 0) is 47.2 Å². The van der Waals surface area contributed by atoms with Gasteiger partial charge in [-0.25, -0.2) is 0 Å². The van der Waals surface area contributed by atoms with Gasteiger partial charge in [0.1, 0.15) is 17.3 Å². The van der Waals surface area contributed by atoms with Crippen molar-refractivity contribution in [3.8, 4) is 11.5 Å². The number of Topliss-reactive ketones (excluding diaryl/α,β-unsaturated/α-hetero) is 1. The number of nitrogens with zero attached hydrogens (tertiary/aromatic N) is 1. The maximum absolute atomic E-state index is 13.3. The number of hydrogen-bond acceptors (Lipinski definition) is 6. The van der Waals surface area contributed by atoms with E-state index >= 15 is 0 Å². The minimum atomic E-state index is -0.769. The molecular weight excluding hydrogens is 434 g/mol. The third kappa shape index (κ3) is 4.94. The molecule has 2 aromatic rings. The highest BCUT2D eigenvalue weighted by molar-refractivity contribution is 6.46. The molecule has 1 atom stereocenters. The van der Waals surface area contributed by atoms with E-state index in [1.807, 2.05) is 18.2 Å². The second-order valence-electron chi connectivity index (χ2n) is 9.28. The van der Waals surface area contributed by atoms with E-state index < -0.39 is 17.7 Å². The molecule has 1 aliphatic rings. The number of ketones is 1. The number of aliphatic hydroxyl groups is 1. The second-order valence-corrected chi connectivity index (χ2v) is 9.28. The predicted octanol–water partition coefficient (Wildman–Crippen LogP) is 4.46. The fourth-order valence-corrected chi connectivity index (χ4v) is 4.15. The van der Waals surface area contributed by atoms with E-state index in [4.69, 9.17) is 14.2 Å². The van der Waals surface area contributed by atoms with Crippen molar-refractivity contribution < 1.29 is 28.9 Å². The Morgan fingerprint density at radius 2 is 1.76 bits per heavy atom. The Balaban J connectivity index is 2.24. The number of rotatable bonds is 8. The van der Waals surface area contributed by atoms with E-state index in [0.717, 1.165) is 5.56 Å². The highest BCUT2D eigenvalue weighted by Crippen LogP contribution is 2.42. The molecule has 0 aliphatic carbocycles. The first-order chi connectivity index (χ1) is 16.1. The predicted molar refractivity (Wildman–Crippen MR) is 130 cm³/mol. The monoisotopic (exact) mass is 467 g/mol. The summed E-state index contributed by atoms with van der Waals surface area (Å²) in [7, 11) is 4.64. The van der Waals surface area contributed by atoms with Crippen molar-refractivity contribution in [1.29, 1.82) is 0 Å². The van der Waals surface area contributed by atoms with Crippen LogP contribution in [0.3, 0.4) is 0 Å². The summed E-state index contributed by atoms with van der Waals surface area (Å²) in [5.41, 5.74) is 1.84. The van der Waals surface area contributed by atoms with E-state index in [9.17, 15) is 14.7 Å². The lowest BCUT2D eigenvalue weighted by Crippen LogP contribution is -2.31. The average Bonchev–Trinajstić information content (AvgIpc) is 3.07. The van der Waals surface area contributed by atoms with Crippen LogP contribution >= 0.6 is 0 Å². The summed E-state index contributed by atoms with van der Waals surface area (Å²) in [5, 5.41) is 11.5. The zero-order chi connectivity index (χ0) is 25.0. The minimum Gasteiger partial charge on any atom is -0.507 e. The molecule has 1 saturated heterocycles. The Morgan fingerprint density at radius 3 is 2.38 bits per heavy atom. The number of carbonyl (C=O) groups is 2. The van der Waals surface area contributed by atoms with Crippen molar-refractivity contribution in [1.82, 2.24) is 4.90 Å². The first-order valence-electron chi connectivity index (χ1n) is 11.2. The first kappa shape index (κ1) is 25.3. The van der Waals surface area contributed by atoms with Crippen LogP contribution in [-0.2, 0) is 19.7 Å². The van der Waals surface area contributed by atoms with Gasteiger partial charge in [0, 0.05) is 20.3 Å². The zero-order valence-electron chi connectivity index (χ0n) is 20.7. The molecule has 0 aromatic heterocycles. The van der Waals surface area contributed by atoms with Crippen molar-refractivity contribution in [3.05, 3.63) is 64.7 Å². The lowest BCUT2D eigenvalue weighted by atomic mass is 9.85. The molecule has 0 bridgehead atoms. The summed E-state index contributed by atoms with van der Waals surface area (Å²) in [6, 6.07) is 11.9. The average molecular weight is 468 g/mol. The Kier molecular flexibility index (Phi) is 7.67. The lowest BCUT2D eigenvalue weighted by Gasteiger charge is -2.26. The molecule has 0 spiro atoms. The van der Waals surface area contributed by atoms with Gasteiger partial charge in [0.25, 0.3) is 11.7 Å². The molecule has 1 fully saturated rings. The maximum atomic E-state index is 13.3. The fraction of sp³-hybridized carbons (Fsp3) is 0.407. The zero-order valence-corrected chi connectivity index (χ0v) is 20.7. The van der Waals surface area contributed by atoms with Crippen molar-refractivity contribution in [2.45, 2.75) is 38.6 Å². The van der Waals surface area contributed by atoms with Crippen molar-refractivity contribution in [2.24, 2.45) is 0 Å². The molecule has 3 rings (SSSR count). The van der Waals surface area contributed by atoms with Crippen LogP contribution in [-0.4, -0.2) is 56.2 Å². The summed E-state index contributed by atoms with van der Waals surface area (Å²) < 4.78 is 16.0. The molecule has 182 valence electrons. The summed E-state index contributed by atoms with van der Waals surface area (Å²) in [4.78, 5) is 27.9. The fourth-order valence-electron chi connectivity index (χ4n) is 4.15. The van der Waals surface area contributed by atoms with Crippen LogP contribution < -0.4 is 9.47 Å². The van der Waals surface area contributed by atoms with Gasteiger partial charge in [-0.15, -0.1) is 0 Å². The minimum absolute atomic E-state index is 0.0278. The van der Waals surface area contributed by atoms with Gasteiger partial charge in [0.2, 0.25) is 0 Å². The third-order valence-corrected chi connectivity index (χ3v) is 6.02. The first-order valence-corrected chi connectivity index (χ1v) is 11.2. The molecule has 1 aliphatic heterocycles. The van der Waals surface area contributed by atoms with Crippen LogP contribution in [0.2, 0.25) is 0 Å². The van der Waals surface area contributed by atoms with Crippen LogP contribution in [0.1, 0.15) is 49.9 Å². The smallest absolute Gasteiger partial charge is 0.295 e. The van der Waals surface area contributed by atoms with E-state index in [1.54, 1.807) is 38.5 Å². The molecule has 0 radical (unpaired) electrons. The van der Waals surface area contributed by atoms with E-state index in [0.29, 0.717) is 42.2 Å². The largest absolute Gasteiger partial charge is 0.507 e. The Morgan fingerprint density at radius 1 is 1.03 bits per heavy atom. The van der Waals surface area contributed by atoms with Gasteiger partial charge < -0.3 is 24.2 Å². The molecule has 1 heterocycles. The summed E-state index contributed by atoms with van der Waals surface area (Å²) in [5.74, 6) is -0.640. The van der Waals surface area contributed by atoms with Gasteiger partial charge in [-0.2, -0.15) is 0 Å². The van der Waals surface area contributed by atoms with Crippen LogP contribution in [0.4, 0.5) is 0 Å². The number of benzene rings is 2. The number of amides is 1. The number of likely N-dealkylation sites (tertiary alicyclic amines) is 1. The Hall–Kier alpha value is -3.32. The number of aliphatic hydroxyl groups excluding tert-OH is 1. The normalized spacial score (nSPS) is 17.8. The van der Waals surface area contributed by atoms with Crippen molar-refractivity contribution in [3.63, 3.8) is 0 Å². The second kappa shape index (κ2) is 10.3. The van der Waals surface area contributed by atoms with Crippen LogP contribution in [0.15, 0.2) is 48.0 Å². The van der Waals surface area contributed by atoms with E-state index in [-0.39, 0.29) is 16.7 Å². The SMILES string of the molecule is COCCCN1C(=O)C(=O)/C(=C(/O)c2cc(C(C)(C)C)ccc2OC)C1c1cccc(OC)c1. The summed E-state index contributed by atoms with van der Waals surface area (Å²) >= 11 is 0. The molecule has 1 amide bonds. The maximum Gasteiger partial charge on any atom is 0.295 e. The lowest BCUT2D eigenvalue weighted by molar-refractivity contribution is -0.140. The van der Waals surface area contributed by atoms with Gasteiger partial charge in [0.05, 0.1) is 31.4 Å². The molecule has 2 aromatic carbocycles. The number of carbonyl (C=O) groups excluding carboxylic acids is 2. The molecule has 7 nitrogen and oxygen atoms in total. The van der Waals surface area contributed by atoms with Crippen molar-refractivity contribution >= 4 is 17.4 Å². The van der Waals surface area contributed by atoms with Crippen molar-refractivity contribution in [2.75, 3.05) is 34.5 Å². The molecule has 7 heteroatoms. The quantitative estimate of drug-likeness (QED) is 0.267. The van der Waals surface area contributed by atoms with Crippen LogP contribution in [0, 0.1) is 0 Å². The molecule has 1 N–H and O–H groups in total. The Labute approximate surface area is 200 Å². The van der Waals surface area contributed by atoms with Crippen LogP contribution in [0.5, 0.6) is 11.5 Å². The molecule has 34 heavy (non-hydrogen) atoms. The standard InChI is InChI=1S/C27H33NO6/c1-27(2,3)18-11-12-21(34-6)20(16-18)24(29)22-23(17-9-7-10-19(15-17)33-5)28(13-8-14-32-4)26(31)25(22)30/h7,9-12,15-16,23,29H,8,13-14H2,1-6H3/b24-22+. The highest BCUT2D eigenvalue weighted by atomic mass is 16.5. The third-order valence-electron chi connectivity index (χ3n) is 6.02. The van der Waals surface area contributed by atoms with Gasteiger partial charge in [0.15, 0.2) is 0 Å². The van der Waals surface area contributed by atoms with E-state index in [2.05, 4.69) is 20.8 Å². The van der Waals surface area contributed by atoms with Gasteiger partial charge >= 0.3 is 0 Å². The molecule has 0 saturated carbocycles. The number of methoxy groups -OCH3 is 3. The number of ether oxygens (including phenoxy) is 3. The molecular formula is C27H33NO6. The topological polar surface area (TPSA) is 85.3 Å².